The second-order valence-corrected chi connectivity index (χ2v) is 8.64. The van der Waals surface area contributed by atoms with E-state index in [1.807, 2.05) is 74.0 Å². The van der Waals surface area contributed by atoms with Crippen LogP contribution in [-0.2, 0) is 0 Å². The molecular weight excluding hydrogens is 384 g/mol. The number of nitrogens with one attached hydrogen (secondary N) is 1. The minimum absolute atomic E-state index is 0.108. The molecule has 0 unspecified atom stereocenters. The minimum Gasteiger partial charge on any atom is -0.347 e. The van der Waals surface area contributed by atoms with Crippen molar-refractivity contribution < 1.29 is 4.79 Å². The van der Waals surface area contributed by atoms with Gasteiger partial charge in [0.25, 0.3) is 5.91 Å². The second-order valence-electron chi connectivity index (χ2n) is 8.64. The highest BCUT2D eigenvalue weighted by atomic mass is 16.1. The summed E-state index contributed by atoms with van der Waals surface area (Å²) in [5.74, 6) is -0.108. The highest BCUT2D eigenvalue weighted by molar-refractivity contribution is 6.08. The Morgan fingerprint density at radius 3 is 2.35 bits per heavy atom. The minimum atomic E-state index is -0.305. The van der Waals surface area contributed by atoms with Crippen molar-refractivity contribution in [3.8, 4) is 16.9 Å². The SMILES string of the molecule is CCC(C)(C)NC(=O)c1cc(-c2ccccc2)nc2c1c(C)nn2-c1ccc(C)cc1. The zero-order valence-electron chi connectivity index (χ0n) is 18.7. The smallest absolute Gasteiger partial charge is 0.252 e. The number of carbonyl (C=O) groups excluding carboxylic acids is 1. The molecule has 0 saturated heterocycles. The Hall–Kier alpha value is -3.47. The molecule has 0 spiro atoms. The van der Waals surface area contributed by atoms with E-state index in [4.69, 9.17) is 10.1 Å². The zero-order valence-corrected chi connectivity index (χ0v) is 18.7. The summed E-state index contributed by atoms with van der Waals surface area (Å²) in [5.41, 5.74) is 5.56. The molecule has 0 saturated carbocycles. The van der Waals surface area contributed by atoms with Crippen molar-refractivity contribution in [3.05, 3.63) is 77.5 Å². The summed E-state index contributed by atoms with van der Waals surface area (Å²) in [7, 11) is 0. The lowest BCUT2D eigenvalue weighted by molar-refractivity contribution is 0.0913. The van der Waals surface area contributed by atoms with E-state index in [1.54, 1.807) is 0 Å². The highest BCUT2D eigenvalue weighted by Crippen LogP contribution is 2.29. The summed E-state index contributed by atoms with van der Waals surface area (Å²) >= 11 is 0. The molecular formula is C26H28N4O. The number of amides is 1. The Bertz CT molecular complexity index is 1240. The molecule has 4 rings (SSSR count). The molecule has 4 aromatic rings. The third-order valence-corrected chi connectivity index (χ3v) is 5.74. The Labute approximate surface area is 183 Å². The fraction of sp³-hybridized carbons (Fsp3) is 0.269. The van der Waals surface area contributed by atoms with Crippen LogP contribution in [0.2, 0.25) is 0 Å². The number of hydrogen-bond donors (Lipinski definition) is 1. The summed E-state index contributed by atoms with van der Waals surface area (Å²) in [6.07, 6.45) is 0.833. The predicted octanol–water partition coefficient (Wildman–Crippen LogP) is 5.62. The van der Waals surface area contributed by atoms with Crippen LogP contribution < -0.4 is 5.32 Å². The molecule has 0 aliphatic rings. The van der Waals surface area contributed by atoms with E-state index in [9.17, 15) is 4.79 Å². The molecule has 0 aliphatic heterocycles. The van der Waals surface area contributed by atoms with Gasteiger partial charge in [-0.05, 0) is 52.3 Å². The fourth-order valence-corrected chi connectivity index (χ4v) is 3.55. The van der Waals surface area contributed by atoms with Crippen molar-refractivity contribution >= 4 is 16.9 Å². The molecule has 0 fully saturated rings. The largest absolute Gasteiger partial charge is 0.347 e. The first-order valence-electron chi connectivity index (χ1n) is 10.6. The molecule has 0 atom stereocenters. The number of hydrogen-bond acceptors (Lipinski definition) is 3. The molecule has 2 aromatic carbocycles. The number of pyridine rings is 1. The number of aromatic nitrogens is 3. The molecule has 1 amide bonds. The number of fused-ring (bicyclic) bond motifs is 1. The maximum Gasteiger partial charge on any atom is 0.252 e. The molecule has 0 bridgehead atoms. The number of carbonyl (C=O) groups is 1. The van der Waals surface area contributed by atoms with Crippen LogP contribution >= 0.6 is 0 Å². The molecule has 31 heavy (non-hydrogen) atoms. The molecule has 0 aliphatic carbocycles. The lowest BCUT2D eigenvalue weighted by Gasteiger charge is -2.24. The normalized spacial score (nSPS) is 11.6. The third-order valence-electron chi connectivity index (χ3n) is 5.74. The van der Waals surface area contributed by atoms with Gasteiger partial charge < -0.3 is 5.32 Å². The average molecular weight is 413 g/mol. The van der Waals surface area contributed by atoms with E-state index in [2.05, 4.69) is 31.3 Å². The van der Waals surface area contributed by atoms with Gasteiger partial charge in [-0.3, -0.25) is 4.79 Å². The summed E-state index contributed by atoms with van der Waals surface area (Å²) in [6.45, 7) is 10.1. The van der Waals surface area contributed by atoms with Crippen molar-refractivity contribution in [1.29, 1.82) is 0 Å². The van der Waals surface area contributed by atoms with E-state index in [0.717, 1.165) is 34.4 Å². The fourth-order valence-electron chi connectivity index (χ4n) is 3.55. The van der Waals surface area contributed by atoms with Crippen LogP contribution in [0, 0.1) is 13.8 Å². The summed E-state index contributed by atoms with van der Waals surface area (Å²) in [5, 5.41) is 8.71. The number of aryl methyl sites for hydroxylation is 2. The van der Waals surface area contributed by atoms with Gasteiger partial charge in [-0.25, -0.2) is 9.67 Å². The summed E-state index contributed by atoms with van der Waals surface area (Å²) in [4.78, 5) is 18.3. The number of nitrogens with zero attached hydrogens (tertiary/aromatic N) is 3. The van der Waals surface area contributed by atoms with Gasteiger partial charge >= 0.3 is 0 Å². The average Bonchev–Trinajstić information content (AvgIpc) is 3.10. The van der Waals surface area contributed by atoms with E-state index in [1.165, 1.54) is 5.56 Å². The van der Waals surface area contributed by atoms with E-state index in [-0.39, 0.29) is 11.4 Å². The van der Waals surface area contributed by atoms with Crippen LogP contribution in [0.5, 0.6) is 0 Å². The van der Waals surface area contributed by atoms with Gasteiger partial charge in [0.1, 0.15) is 0 Å². The van der Waals surface area contributed by atoms with Crippen LogP contribution in [0.15, 0.2) is 60.7 Å². The first-order chi connectivity index (χ1) is 14.8. The summed E-state index contributed by atoms with van der Waals surface area (Å²) < 4.78 is 1.83. The van der Waals surface area contributed by atoms with Gasteiger partial charge in [0, 0.05) is 11.1 Å². The Kier molecular flexibility index (Phi) is 5.36. The summed E-state index contributed by atoms with van der Waals surface area (Å²) in [6, 6.07) is 20.0. The van der Waals surface area contributed by atoms with Gasteiger partial charge in [0.2, 0.25) is 0 Å². The van der Waals surface area contributed by atoms with Crippen LogP contribution in [0.25, 0.3) is 28.0 Å². The number of rotatable bonds is 5. The first kappa shape index (κ1) is 20.8. The molecule has 1 N–H and O–H groups in total. The van der Waals surface area contributed by atoms with E-state index >= 15 is 0 Å². The topological polar surface area (TPSA) is 59.8 Å². The quantitative estimate of drug-likeness (QED) is 0.463. The number of benzene rings is 2. The second kappa shape index (κ2) is 7.99. The molecule has 5 heteroatoms. The van der Waals surface area contributed by atoms with Crippen LogP contribution in [0.4, 0.5) is 0 Å². The van der Waals surface area contributed by atoms with Crippen molar-refractivity contribution in [2.45, 2.75) is 46.6 Å². The van der Waals surface area contributed by atoms with Crippen LogP contribution in [-0.4, -0.2) is 26.2 Å². The maximum atomic E-state index is 13.4. The van der Waals surface area contributed by atoms with Crippen molar-refractivity contribution in [1.82, 2.24) is 20.1 Å². The maximum absolute atomic E-state index is 13.4. The van der Waals surface area contributed by atoms with Gasteiger partial charge in [0.15, 0.2) is 5.65 Å². The lowest BCUT2D eigenvalue weighted by atomic mass is 10.00. The van der Waals surface area contributed by atoms with Gasteiger partial charge in [0.05, 0.1) is 28.0 Å². The van der Waals surface area contributed by atoms with Crippen LogP contribution in [0.3, 0.4) is 0 Å². The van der Waals surface area contributed by atoms with Crippen molar-refractivity contribution in [2.24, 2.45) is 0 Å². The third kappa shape index (κ3) is 4.08. The van der Waals surface area contributed by atoms with E-state index < -0.39 is 0 Å². The Morgan fingerprint density at radius 2 is 1.71 bits per heavy atom. The van der Waals surface area contributed by atoms with Gasteiger partial charge in [-0.1, -0.05) is 55.0 Å². The molecule has 0 radical (unpaired) electrons. The van der Waals surface area contributed by atoms with Crippen molar-refractivity contribution in [2.75, 3.05) is 0 Å². The first-order valence-corrected chi connectivity index (χ1v) is 10.6. The monoisotopic (exact) mass is 412 g/mol. The highest BCUT2D eigenvalue weighted by Gasteiger charge is 2.24. The van der Waals surface area contributed by atoms with Gasteiger partial charge in [-0.2, -0.15) is 5.10 Å². The van der Waals surface area contributed by atoms with E-state index in [0.29, 0.717) is 11.2 Å². The Morgan fingerprint density at radius 1 is 1.03 bits per heavy atom. The van der Waals surface area contributed by atoms with Crippen LogP contribution in [0.1, 0.15) is 48.8 Å². The Balaban J connectivity index is 1.97. The zero-order chi connectivity index (χ0) is 22.2. The van der Waals surface area contributed by atoms with Gasteiger partial charge in [-0.15, -0.1) is 0 Å². The standard InChI is InChI=1S/C26H28N4O/c1-6-26(4,5)28-25(31)21-16-22(19-10-8-7-9-11-19)27-24-23(21)18(3)29-30(24)20-14-12-17(2)13-15-20/h7-16H,6H2,1-5H3,(H,28,31). The molecule has 158 valence electrons. The molecule has 2 heterocycles. The lowest BCUT2D eigenvalue weighted by Crippen LogP contribution is -2.42. The predicted molar refractivity (Wildman–Crippen MR) is 126 cm³/mol. The molecule has 5 nitrogen and oxygen atoms in total. The van der Waals surface area contributed by atoms with Crippen molar-refractivity contribution in [3.63, 3.8) is 0 Å². The molecule has 2 aromatic heterocycles.